The number of benzene rings is 2. The molecular weight excluding hydrogens is 290 g/mol. The van der Waals surface area contributed by atoms with E-state index in [1.165, 1.54) is 0 Å². The first-order chi connectivity index (χ1) is 11.0. The predicted molar refractivity (Wildman–Crippen MR) is 90.2 cm³/mol. The molecule has 4 heteroatoms. The smallest absolute Gasteiger partial charge is 0.338 e. The number of para-hydroxylation sites is 1. The van der Waals surface area contributed by atoms with Gasteiger partial charge in [-0.25, -0.2) is 4.79 Å². The number of phenolic OH excluding ortho intramolecular Hbond substituents is 1. The largest absolute Gasteiger partial charge is 0.508 e. The molecule has 4 nitrogen and oxygen atoms in total. The molecule has 118 valence electrons. The molecule has 1 heterocycles. The fourth-order valence-electron chi connectivity index (χ4n) is 3.10. The molecule has 3 aromatic rings. The lowest BCUT2D eigenvalue weighted by Gasteiger charge is -2.14. The van der Waals surface area contributed by atoms with E-state index >= 15 is 0 Å². The summed E-state index contributed by atoms with van der Waals surface area (Å²) >= 11 is 0. The van der Waals surface area contributed by atoms with Crippen LogP contribution < -0.4 is 0 Å². The third kappa shape index (κ3) is 2.68. The monoisotopic (exact) mass is 309 g/mol. The summed E-state index contributed by atoms with van der Waals surface area (Å²) in [6, 6.07) is 14.6. The van der Waals surface area contributed by atoms with Crippen molar-refractivity contribution < 1.29 is 15.0 Å². The van der Waals surface area contributed by atoms with Crippen LogP contribution in [0.3, 0.4) is 0 Å². The van der Waals surface area contributed by atoms with Crippen LogP contribution in [0.15, 0.2) is 48.5 Å². The van der Waals surface area contributed by atoms with E-state index in [4.69, 9.17) is 0 Å². The lowest BCUT2D eigenvalue weighted by molar-refractivity contribution is 0.0697. The molecule has 0 unspecified atom stereocenters. The van der Waals surface area contributed by atoms with Crippen molar-refractivity contribution in [1.82, 2.24) is 4.57 Å². The van der Waals surface area contributed by atoms with Gasteiger partial charge in [-0.3, -0.25) is 0 Å². The lowest BCUT2D eigenvalue weighted by Crippen LogP contribution is -2.09. The molecule has 23 heavy (non-hydrogen) atoms. The van der Waals surface area contributed by atoms with Crippen LogP contribution in [-0.2, 0) is 6.54 Å². The molecule has 1 aromatic heterocycles. The van der Waals surface area contributed by atoms with Crippen molar-refractivity contribution in [2.24, 2.45) is 0 Å². The third-order valence-corrected chi connectivity index (χ3v) is 4.05. The Morgan fingerprint density at radius 2 is 1.74 bits per heavy atom. The minimum absolute atomic E-state index is 0.0885. The summed E-state index contributed by atoms with van der Waals surface area (Å²) in [5.74, 6) is -0.582. The molecule has 2 aromatic carbocycles. The van der Waals surface area contributed by atoms with Gasteiger partial charge in [0.2, 0.25) is 0 Å². The Bertz CT molecular complexity index is 860. The first-order valence-corrected chi connectivity index (χ1v) is 7.61. The van der Waals surface area contributed by atoms with Crippen molar-refractivity contribution in [2.45, 2.75) is 26.3 Å². The van der Waals surface area contributed by atoms with Gasteiger partial charge in [-0.1, -0.05) is 44.2 Å². The molecule has 0 bridgehead atoms. The maximum Gasteiger partial charge on any atom is 0.338 e. The van der Waals surface area contributed by atoms with Crippen LogP contribution in [0.1, 0.15) is 41.4 Å². The lowest BCUT2D eigenvalue weighted by atomic mass is 10.0. The summed E-state index contributed by atoms with van der Waals surface area (Å²) in [5, 5.41) is 19.9. The molecule has 0 saturated heterocycles. The molecule has 0 aliphatic heterocycles. The minimum Gasteiger partial charge on any atom is -0.508 e. The first kappa shape index (κ1) is 15.2. The van der Waals surface area contributed by atoms with Crippen molar-refractivity contribution in [3.05, 3.63) is 65.4 Å². The third-order valence-electron chi connectivity index (χ3n) is 4.05. The molecule has 0 atom stereocenters. The van der Waals surface area contributed by atoms with Gasteiger partial charge in [0.25, 0.3) is 0 Å². The highest BCUT2D eigenvalue weighted by atomic mass is 16.4. The number of carbonyl (C=O) groups is 1. The Morgan fingerprint density at radius 3 is 2.35 bits per heavy atom. The number of aromatic nitrogens is 1. The molecule has 0 aliphatic rings. The molecule has 2 N–H and O–H groups in total. The zero-order chi connectivity index (χ0) is 16.6. The molecule has 3 rings (SSSR count). The Hall–Kier alpha value is -2.75. The summed E-state index contributed by atoms with van der Waals surface area (Å²) in [6.07, 6.45) is 0. The van der Waals surface area contributed by atoms with Gasteiger partial charge in [0.15, 0.2) is 0 Å². The van der Waals surface area contributed by atoms with Crippen LogP contribution in [0, 0.1) is 0 Å². The van der Waals surface area contributed by atoms with Crippen molar-refractivity contribution in [1.29, 1.82) is 0 Å². The number of rotatable bonds is 4. The average Bonchev–Trinajstić information content (AvgIpc) is 2.84. The number of aromatic hydroxyl groups is 1. The summed E-state index contributed by atoms with van der Waals surface area (Å²) in [4.78, 5) is 11.8. The van der Waals surface area contributed by atoms with E-state index in [0.717, 1.165) is 22.2 Å². The number of aromatic carboxylic acids is 1. The zero-order valence-corrected chi connectivity index (χ0v) is 13.2. The van der Waals surface area contributed by atoms with Crippen LogP contribution in [0.4, 0.5) is 0 Å². The summed E-state index contributed by atoms with van der Waals surface area (Å²) in [7, 11) is 0. The molecule has 0 spiro atoms. The Kier molecular flexibility index (Phi) is 3.82. The zero-order valence-electron chi connectivity index (χ0n) is 13.2. The molecule has 0 fully saturated rings. The molecular formula is C19H19NO3. The van der Waals surface area contributed by atoms with E-state index in [1.807, 2.05) is 50.2 Å². The van der Waals surface area contributed by atoms with E-state index < -0.39 is 5.97 Å². The van der Waals surface area contributed by atoms with Gasteiger partial charge in [-0.15, -0.1) is 0 Å². The summed E-state index contributed by atoms with van der Waals surface area (Å²) in [6.45, 7) is 4.59. The second kappa shape index (κ2) is 5.80. The Morgan fingerprint density at radius 1 is 1.09 bits per heavy atom. The highest BCUT2D eigenvalue weighted by Gasteiger charge is 2.23. The van der Waals surface area contributed by atoms with E-state index in [9.17, 15) is 15.0 Å². The van der Waals surface area contributed by atoms with E-state index in [2.05, 4.69) is 4.57 Å². The minimum atomic E-state index is -0.894. The van der Waals surface area contributed by atoms with Gasteiger partial charge in [0.05, 0.1) is 5.56 Å². The van der Waals surface area contributed by atoms with Crippen molar-refractivity contribution in [3.63, 3.8) is 0 Å². The summed E-state index contributed by atoms with van der Waals surface area (Å²) < 4.78 is 2.07. The fourth-order valence-corrected chi connectivity index (χ4v) is 3.10. The summed E-state index contributed by atoms with van der Waals surface area (Å²) in [5.41, 5.74) is 3.14. The number of fused-ring (bicyclic) bond motifs is 1. The molecule has 0 amide bonds. The van der Waals surface area contributed by atoms with Gasteiger partial charge in [-0.05, 0) is 29.7 Å². The van der Waals surface area contributed by atoms with E-state index in [-0.39, 0.29) is 11.7 Å². The van der Waals surface area contributed by atoms with E-state index in [1.54, 1.807) is 12.1 Å². The van der Waals surface area contributed by atoms with E-state index in [0.29, 0.717) is 12.1 Å². The Labute approximate surface area is 134 Å². The van der Waals surface area contributed by atoms with Gasteiger partial charge >= 0.3 is 5.97 Å². The van der Waals surface area contributed by atoms with Crippen molar-refractivity contribution in [2.75, 3.05) is 0 Å². The van der Waals surface area contributed by atoms with Crippen molar-refractivity contribution in [3.8, 4) is 5.75 Å². The number of carboxylic acid groups (broad SMARTS) is 1. The maximum absolute atomic E-state index is 11.8. The number of hydrogen-bond donors (Lipinski definition) is 2. The standard InChI is InChI=1S/C19H19NO3/c1-12(2)18-17(19(22)23)15-5-3-4-6-16(15)20(18)11-13-7-9-14(21)10-8-13/h3-10,12,21H,11H2,1-2H3,(H,22,23). The van der Waals surface area contributed by atoms with Crippen LogP contribution in [0.2, 0.25) is 0 Å². The number of carboxylic acids is 1. The number of nitrogens with zero attached hydrogens (tertiary/aromatic N) is 1. The Balaban J connectivity index is 2.24. The highest BCUT2D eigenvalue weighted by molar-refractivity contribution is 6.05. The second-order valence-electron chi connectivity index (χ2n) is 5.99. The number of phenols is 1. The van der Waals surface area contributed by atoms with Gasteiger partial charge in [0.1, 0.15) is 5.75 Å². The van der Waals surface area contributed by atoms with Gasteiger partial charge in [0, 0.05) is 23.1 Å². The number of hydrogen-bond acceptors (Lipinski definition) is 2. The van der Waals surface area contributed by atoms with Crippen LogP contribution in [-0.4, -0.2) is 20.7 Å². The predicted octanol–water partition coefficient (Wildman–Crippen LogP) is 4.22. The van der Waals surface area contributed by atoms with Gasteiger partial charge in [-0.2, -0.15) is 0 Å². The molecule has 0 aliphatic carbocycles. The van der Waals surface area contributed by atoms with Gasteiger partial charge < -0.3 is 14.8 Å². The SMILES string of the molecule is CC(C)c1c(C(=O)O)c2ccccc2n1Cc1ccc(O)cc1. The highest BCUT2D eigenvalue weighted by Crippen LogP contribution is 2.32. The molecule has 0 saturated carbocycles. The second-order valence-corrected chi connectivity index (χ2v) is 5.99. The topological polar surface area (TPSA) is 62.5 Å². The molecule has 0 radical (unpaired) electrons. The van der Waals surface area contributed by atoms with Crippen LogP contribution >= 0.6 is 0 Å². The van der Waals surface area contributed by atoms with Crippen molar-refractivity contribution >= 4 is 16.9 Å². The maximum atomic E-state index is 11.8. The first-order valence-electron chi connectivity index (χ1n) is 7.61. The van der Waals surface area contributed by atoms with Crippen LogP contribution in [0.25, 0.3) is 10.9 Å². The normalized spacial score (nSPS) is 11.3. The average molecular weight is 309 g/mol. The quantitative estimate of drug-likeness (QED) is 0.758. The fraction of sp³-hybridized carbons (Fsp3) is 0.211. The van der Waals surface area contributed by atoms with Crippen LogP contribution in [0.5, 0.6) is 5.75 Å².